The maximum absolute atomic E-state index is 13.5. The van der Waals surface area contributed by atoms with Crippen molar-refractivity contribution in [1.82, 2.24) is 4.98 Å². The number of aromatic nitrogens is 1. The van der Waals surface area contributed by atoms with Gasteiger partial charge in [-0.05, 0) is 54.0 Å². The van der Waals surface area contributed by atoms with Crippen molar-refractivity contribution < 1.29 is 24.2 Å². The molecule has 0 radical (unpaired) electrons. The minimum Gasteiger partial charge on any atom is -0.503 e. The average molecular weight is 527 g/mol. The molecule has 1 atom stereocenters. The molecule has 1 N–H and O–H groups in total. The Morgan fingerprint density at radius 2 is 1.89 bits per heavy atom. The van der Waals surface area contributed by atoms with Gasteiger partial charge in [0.05, 0.1) is 35.5 Å². The number of amides is 1. The fourth-order valence-electron chi connectivity index (χ4n) is 4.31. The Kier molecular flexibility index (Phi) is 7.24. The van der Waals surface area contributed by atoms with Crippen LogP contribution >= 0.6 is 11.3 Å². The van der Waals surface area contributed by atoms with Crippen LogP contribution in [0.15, 0.2) is 90.2 Å². The Balaban J connectivity index is 1.60. The molecule has 2 heterocycles. The molecule has 1 aromatic heterocycles. The predicted octanol–water partition coefficient (Wildman–Crippen LogP) is 6.28. The highest BCUT2D eigenvalue weighted by atomic mass is 32.1. The number of fused-ring (bicyclic) bond motifs is 1. The molecular weight excluding hydrogens is 500 g/mol. The summed E-state index contributed by atoms with van der Waals surface area (Å²) in [7, 11) is 1.58. The van der Waals surface area contributed by atoms with Gasteiger partial charge in [0.1, 0.15) is 11.5 Å². The first-order valence-electron chi connectivity index (χ1n) is 12.2. The summed E-state index contributed by atoms with van der Waals surface area (Å²) in [5.41, 5.74) is 2.13. The van der Waals surface area contributed by atoms with E-state index in [4.69, 9.17) is 9.47 Å². The van der Waals surface area contributed by atoms with Crippen LogP contribution in [0.3, 0.4) is 0 Å². The molecule has 192 valence electrons. The quantitative estimate of drug-likeness (QED) is 0.258. The summed E-state index contributed by atoms with van der Waals surface area (Å²) in [6, 6.07) is 21.2. The Morgan fingerprint density at radius 1 is 1.08 bits per heavy atom. The van der Waals surface area contributed by atoms with E-state index in [0.717, 1.165) is 16.7 Å². The van der Waals surface area contributed by atoms with Crippen molar-refractivity contribution in [3.8, 4) is 11.5 Å². The first-order chi connectivity index (χ1) is 18.5. The molecule has 0 fully saturated rings. The van der Waals surface area contributed by atoms with Crippen LogP contribution in [0.5, 0.6) is 11.5 Å². The second-order valence-corrected chi connectivity index (χ2v) is 9.71. The van der Waals surface area contributed by atoms with Gasteiger partial charge in [0, 0.05) is 0 Å². The van der Waals surface area contributed by atoms with Gasteiger partial charge in [0.25, 0.3) is 5.91 Å². The summed E-state index contributed by atoms with van der Waals surface area (Å²) < 4.78 is 12.0. The standard InChI is InChI=1S/C30H26N2O5S/c1-3-16-37-22-11-7-10-20(17-22)27-26(24(33)15-12-19-8-5-4-6-9-19)28(34)29(35)32(27)30-31-23-14-13-21(36-2)18-25(23)38-30/h4-15,17-18,27,34H,3,16H2,1-2H3. The second-order valence-electron chi connectivity index (χ2n) is 8.70. The third kappa shape index (κ3) is 4.90. The SMILES string of the molecule is CCCOc1cccc(C2C(C(=O)C=Cc3ccccc3)=C(O)C(=O)N2c2nc3ccc(OC)cc3s2)c1. The van der Waals surface area contributed by atoms with Gasteiger partial charge in [-0.15, -0.1) is 0 Å². The molecule has 1 amide bonds. The summed E-state index contributed by atoms with van der Waals surface area (Å²) in [6.07, 6.45) is 3.88. The van der Waals surface area contributed by atoms with Crippen LogP contribution in [0, 0.1) is 0 Å². The fourth-order valence-corrected chi connectivity index (χ4v) is 5.33. The van der Waals surface area contributed by atoms with Gasteiger partial charge in [0.2, 0.25) is 0 Å². The maximum atomic E-state index is 13.5. The highest BCUT2D eigenvalue weighted by Gasteiger charge is 2.45. The molecule has 5 rings (SSSR count). The van der Waals surface area contributed by atoms with E-state index in [2.05, 4.69) is 4.98 Å². The van der Waals surface area contributed by atoms with E-state index in [0.29, 0.717) is 34.3 Å². The lowest BCUT2D eigenvalue weighted by Crippen LogP contribution is -2.30. The summed E-state index contributed by atoms with van der Waals surface area (Å²) >= 11 is 1.29. The molecule has 1 aliphatic rings. The van der Waals surface area contributed by atoms with E-state index in [-0.39, 0.29) is 5.57 Å². The zero-order valence-electron chi connectivity index (χ0n) is 21.0. The van der Waals surface area contributed by atoms with Crippen LogP contribution in [-0.4, -0.2) is 35.5 Å². The summed E-state index contributed by atoms with van der Waals surface area (Å²) in [5, 5.41) is 11.4. The number of hydrogen-bond acceptors (Lipinski definition) is 7. The number of ketones is 1. The Morgan fingerprint density at radius 3 is 2.66 bits per heavy atom. The third-order valence-electron chi connectivity index (χ3n) is 6.14. The number of carbonyl (C=O) groups excluding carboxylic acids is 2. The van der Waals surface area contributed by atoms with Gasteiger partial charge in [-0.25, -0.2) is 4.98 Å². The van der Waals surface area contributed by atoms with Crippen molar-refractivity contribution in [1.29, 1.82) is 0 Å². The van der Waals surface area contributed by atoms with Crippen molar-refractivity contribution in [2.24, 2.45) is 0 Å². The fraction of sp³-hybridized carbons (Fsp3) is 0.167. The number of benzene rings is 3. The molecule has 0 bridgehead atoms. The molecule has 38 heavy (non-hydrogen) atoms. The number of ether oxygens (including phenoxy) is 2. The van der Waals surface area contributed by atoms with Crippen molar-refractivity contribution in [3.05, 3.63) is 101 Å². The molecule has 1 aliphatic heterocycles. The van der Waals surface area contributed by atoms with E-state index in [1.807, 2.05) is 67.6 Å². The van der Waals surface area contributed by atoms with Crippen LogP contribution < -0.4 is 14.4 Å². The molecule has 0 aliphatic carbocycles. The highest BCUT2D eigenvalue weighted by Crippen LogP contribution is 2.44. The lowest BCUT2D eigenvalue weighted by Gasteiger charge is -2.24. The molecular formula is C30H26N2O5S. The number of hydrogen-bond donors (Lipinski definition) is 1. The normalized spacial score (nSPS) is 15.6. The van der Waals surface area contributed by atoms with E-state index < -0.39 is 23.5 Å². The van der Waals surface area contributed by atoms with Crippen LogP contribution in [0.2, 0.25) is 0 Å². The molecule has 0 spiro atoms. The summed E-state index contributed by atoms with van der Waals surface area (Å²) in [6.45, 7) is 2.54. The van der Waals surface area contributed by atoms with Gasteiger partial charge in [-0.1, -0.05) is 66.8 Å². The molecule has 3 aromatic carbocycles. The Hall–Kier alpha value is -4.43. The number of aliphatic hydroxyl groups excluding tert-OH is 1. The first kappa shape index (κ1) is 25.2. The lowest BCUT2D eigenvalue weighted by atomic mass is 9.95. The third-order valence-corrected chi connectivity index (χ3v) is 7.15. The van der Waals surface area contributed by atoms with Crippen molar-refractivity contribution >= 4 is 44.5 Å². The number of thiazole rings is 1. The van der Waals surface area contributed by atoms with Gasteiger partial charge in [-0.2, -0.15) is 0 Å². The number of rotatable bonds is 9. The molecule has 0 saturated heterocycles. The van der Waals surface area contributed by atoms with E-state index in [1.54, 1.807) is 25.3 Å². The number of aliphatic hydroxyl groups is 1. The molecule has 4 aromatic rings. The largest absolute Gasteiger partial charge is 0.503 e. The lowest BCUT2D eigenvalue weighted by molar-refractivity contribution is -0.117. The van der Waals surface area contributed by atoms with Crippen molar-refractivity contribution in [2.75, 3.05) is 18.6 Å². The molecule has 8 heteroatoms. The van der Waals surface area contributed by atoms with Crippen molar-refractivity contribution in [2.45, 2.75) is 19.4 Å². The first-order valence-corrected chi connectivity index (χ1v) is 13.0. The van der Waals surface area contributed by atoms with Crippen LogP contribution in [0.25, 0.3) is 16.3 Å². The monoisotopic (exact) mass is 526 g/mol. The maximum Gasteiger partial charge on any atom is 0.296 e. The number of methoxy groups -OCH3 is 1. The molecule has 1 unspecified atom stereocenters. The van der Waals surface area contributed by atoms with E-state index in [9.17, 15) is 14.7 Å². The number of allylic oxidation sites excluding steroid dienone is 1. The number of nitrogens with zero attached hydrogens (tertiary/aromatic N) is 2. The van der Waals surface area contributed by atoms with E-state index >= 15 is 0 Å². The topological polar surface area (TPSA) is 89.0 Å². The van der Waals surface area contributed by atoms with Gasteiger partial charge >= 0.3 is 0 Å². The molecule has 0 saturated carbocycles. The van der Waals surface area contributed by atoms with Crippen molar-refractivity contribution in [3.63, 3.8) is 0 Å². The van der Waals surface area contributed by atoms with Crippen LogP contribution in [0.1, 0.15) is 30.5 Å². The van der Waals surface area contributed by atoms with Crippen LogP contribution in [0.4, 0.5) is 5.13 Å². The summed E-state index contributed by atoms with van der Waals surface area (Å²) in [5.74, 6) is -0.453. The van der Waals surface area contributed by atoms with Gasteiger partial charge < -0.3 is 14.6 Å². The number of anilines is 1. The zero-order chi connectivity index (χ0) is 26.6. The minimum absolute atomic E-state index is 0.00772. The highest BCUT2D eigenvalue weighted by molar-refractivity contribution is 7.22. The van der Waals surface area contributed by atoms with Gasteiger partial charge in [0.15, 0.2) is 16.7 Å². The molecule has 7 nitrogen and oxygen atoms in total. The van der Waals surface area contributed by atoms with E-state index in [1.165, 1.54) is 22.3 Å². The van der Waals surface area contributed by atoms with Gasteiger partial charge in [-0.3, -0.25) is 14.5 Å². The Labute approximate surface area is 224 Å². The smallest absolute Gasteiger partial charge is 0.296 e. The Bertz CT molecular complexity index is 1560. The minimum atomic E-state index is -0.886. The van der Waals surface area contributed by atoms with Crippen LogP contribution in [-0.2, 0) is 9.59 Å². The second kappa shape index (κ2) is 10.9. The zero-order valence-corrected chi connectivity index (χ0v) is 21.8. The summed E-state index contributed by atoms with van der Waals surface area (Å²) in [4.78, 5) is 33.0. The number of carbonyl (C=O) groups is 2. The predicted molar refractivity (Wildman–Crippen MR) is 149 cm³/mol. The average Bonchev–Trinajstić information content (AvgIpc) is 3.48.